The van der Waals surface area contributed by atoms with E-state index < -0.39 is 47.6 Å². The lowest BCUT2D eigenvalue weighted by Gasteiger charge is -2.31. The number of rotatable bonds is 6. The molecule has 3 amide bonds. The number of carbonyl (C=O) groups excluding carboxylic acids is 3. The fourth-order valence-corrected chi connectivity index (χ4v) is 7.18. The molecular formula is C34H38ClF3N8O3S. The fraction of sp³-hybridized carbons (Fsp3) is 0.353. The molecule has 2 aromatic carbocycles. The highest BCUT2D eigenvalue weighted by Crippen LogP contribution is 2.41. The normalized spacial score (nSPS) is 19.8. The summed E-state index contributed by atoms with van der Waals surface area (Å²) < 4.78 is 41.9. The Morgan fingerprint density at radius 3 is 2.56 bits per heavy atom. The van der Waals surface area contributed by atoms with Gasteiger partial charge in [-0.2, -0.15) is 13.2 Å². The van der Waals surface area contributed by atoms with Crippen LogP contribution in [0.15, 0.2) is 70.8 Å². The third kappa shape index (κ3) is 8.58. The van der Waals surface area contributed by atoms with Gasteiger partial charge in [-0.3, -0.25) is 19.4 Å². The Labute approximate surface area is 296 Å². The highest BCUT2D eigenvalue weighted by molar-refractivity contribution is 7.99. The van der Waals surface area contributed by atoms with E-state index in [9.17, 15) is 27.6 Å². The highest BCUT2D eigenvalue weighted by atomic mass is 35.5. The van der Waals surface area contributed by atoms with E-state index in [1.54, 1.807) is 18.5 Å². The van der Waals surface area contributed by atoms with Crippen LogP contribution in [-0.2, 0) is 40.1 Å². The molecular weight excluding hydrogens is 693 g/mol. The van der Waals surface area contributed by atoms with Gasteiger partial charge in [0.15, 0.2) is 0 Å². The Kier molecular flexibility index (Phi) is 12.1. The second-order valence-electron chi connectivity index (χ2n) is 11.9. The quantitative estimate of drug-likeness (QED) is 0.174. The van der Waals surface area contributed by atoms with Gasteiger partial charge >= 0.3 is 6.18 Å². The number of aromatic amines is 1. The molecule has 16 heteroatoms. The zero-order chi connectivity index (χ0) is 36.0. The van der Waals surface area contributed by atoms with Gasteiger partial charge in [0, 0.05) is 72.4 Å². The van der Waals surface area contributed by atoms with Crippen molar-refractivity contribution in [3.8, 4) is 0 Å². The minimum Gasteiger partial charge on any atom is -0.361 e. The molecule has 50 heavy (non-hydrogen) atoms. The third-order valence-corrected chi connectivity index (χ3v) is 10.3. The van der Waals surface area contributed by atoms with Crippen molar-refractivity contribution in [3.05, 3.63) is 88.3 Å². The van der Waals surface area contributed by atoms with Crippen molar-refractivity contribution in [1.82, 2.24) is 30.8 Å². The first-order valence-electron chi connectivity index (χ1n) is 15.9. The monoisotopic (exact) mass is 730 g/mol. The van der Waals surface area contributed by atoms with Crippen LogP contribution in [0.5, 0.6) is 0 Å². The van der Waals surface area contributed by atoms with Crippen LogP contribution >= 0.6 is 23.4 Å². The van der Waals surface area contributed by atoms with E-state index in [-0.39, 0.29) is 36.6 Å². The Morgan fingerprint density at radius 1 is 1.04 bits per heavy atom. The second kappa shape index (κ2) is 16.2. The molecule has 0 radical (unpaired) electrons. The van der Waals surface area contributed by atoms with Crippen molar-refractivity contribution < 1.29 is 27.6 Å². The zero-order valence-corrected chi connectivity index (χ0v) is 28.7. The Hall–Kier alpha value is -4.15. The lowest BCUT2D eigenvalue weighted by atomic mass is 10.0. The van der Waals surface area contributed by atoms with Gasteiger partial charge in [0.25, 0.3) is 0 Å². The van der Waals surface area contributed by atoms with Crippen LogP contribution < -0.4 is 27.4 Å². The molecule has 0 saturated heterocycles. The predicted octanol–water partition coefficient (Wildman–Crippen LogP) is 3.73. The molecule has 4 aromatic rings. The molecule has 0 bridgehead atoms. The number of pyridine rings is 1. The maximum atomic E-state index is 14.1. The van der Waals surface area contributed by atoms with Crippen LogP contribution in [0.1, 0.15) is 35.1 Å². The van der Waals surface area contributed by atoms with E-state index in [2.05, 4.69) is 25.9 Å². The third-order valence-electron chi connectivity index (χ3n) is 8.58. The molecule has 0 fully saturated rings. The number of hydrogen-bond donors (Lipinski definition) is 6. The number of nitrogens with one attached hydrogen (secondary N) is 4. The van der Waals surface area contributed by atoms with Gasteiger partial charge < -0.3 is 37.3 Å². The SMILES string of the molecule is CN1C(=O)[C@H](CN)NC(=O)[C@H](CCCN)NCc2cnccc2Sc2c(Cl)cc(C(F)(F)F)cc2CNC(=O)[C@@H]1Cc1c[nH]c2ccccc12. The average molecular weight is 731 g/mol. The van der Waals surface area contributed by atoms with Gasteiger partial charge in [0.1, 0.15) is 12.1 Å². The second-order valence-corrected chi connectivity index (χ2v) is 13.4. The molecule has 0 saturated carbocycles. The van der Waals surface area contributed by atoms with Crippen LogP contribution in [0, 0.1) is 0 Å². The highest BCUT2D eigenvalue weighted by Gasteiger charge is 2.35. The first-order chi connectivity index (χ1) is 23.9. The number of nitrogens with zero attached hydrogens (tertiary/aromatic N) is 2. The van der Waals surface area contributed by atoms with Crippen molar-refractivity contribution in [2.45, 2.75) is 66.4 Å². The maximum absolute atomic E-state index is 14.1. The van der Waals surface area contributed by atoms with Crippen molar-refractivity contribution in [2.75, 3.05) is 20.1 Å². The molecule has 0 aliphatic carbocycles. The number of aromatic nitrogens is 2. The number of halogens is 4. The molecule has 0 spiro atoms. The van der Waals surface area contributed by atoms with Gasteiger partial charge in [-0.25, -0.2) is 0 Å². The minimum atomic E-state index is -4.70. The molecule has 3 atom stereocenters. The number of benzene rings is 2. The van der Waals surface area contributed by atoms with E-state index in [0.29, 0.717) is 34.7 Å². The summed E-state index contributed by atoms with van der Waals surface area (Å²) in [6.07, 6.45) is 1.04. The molecule has 11 nitrogen and oxygen atoms in total. The van der Waals surface area contributed by atoms with Gasteiger partial charge in [0.2, 0.25) is 17.7 Å². The summed E-state index contributed by atoms with van der Waals surface area (Å²) in [6.45, 7) is -0.109. The van der Waals surface area contributed by atoms with E-state index in [1.807, 2.05) is 24.3 Å². The number of alkyl halides is 3. The van der Waals surface area contributed by atoms with Crippen LogP contribution in [0.25, 0.3) is 10.9 Å². The van der Waals surface area contributed by atoms with Gasteiger partial charge in [-0.1, -0.05) is 41.6 Å². The number of para-hydroxylation sites is 1. The van der Waals surface area contributed by atoms with Gasteiger partial charge in [-0.05, 0) is 60.3 Å². The molecule has 1 aliphatic rings. The zero-order valence-electron chi connectivity index (χ0n) is 27.1. The van der Waals surface area contributed by atoms with Crippen LogP contribution in [-0.4, -0.2) is 70.9 Å². The summed E-state index contributed by atoms with van der Waals surface area (Å²) >= 11 is 7.65. The number of nitrogens with two attached hydrogens (primary N) is 2. The number of carbonyl (C=O) groups is 3. The molecule has 2 aromatic heterocycles. The largest absolute Gasteiger partial charge is 0.416 e. The van der Waals surface area contributed by atoms with Crippen LogP contribution in [0.2, 0.25) is 5.02 Å². The smallest absolute Gasteiger partial charge is 0.361 e. The molecule has 0 unspecified atom stereocenters. The van der Waals surface area contributed by atoms with E-state index in [0.717, 1.165) is 40.4 Å². The summed E-state index contributed by atoms with van der Waals surface area (Å²) in [6, 6.07) is 7.84. The lowest BCUT2D eigenvalue weighted by Crippen LogP contribution is -2.59. The number of likely N-dealkylation sites (N-methyl/N-ethyl adjacent to an activating group) is 1. The Morgan fingerprint density at radius 2 is 1.82 bits per heavy atom. The maximum Gasteiger partial charge on any atom is 0.416 e. The summed E-state index contributed by atoms with van der Waals surface area (Å²) in [4.78, 5) is 51.1. The molecule has 266 valence electrons. The standard InChI is InChI=1S/C34H38ClF3N8O3S/c1-46-28(12-19-16-42-25-6-3-2-5-23(19)25)32(48)44-17-20-11-22(34(36,37)38)13-24(35)30(20)50-29-8-10-41-15-21(29)18-43-26(7-4-9-39)31(47)45-27(14-40)33(46)49/h2-3,5-6,8,10-11,13,15-16,26-28,42-43H,4,7,9,12,14,17-18,39-40H2,1H3,(H,44,48)(H,45,47)/t26-,27-,28-/m0/s1. The molecule has 1 aliphatic heterocycles. The fourth-order valence-electron chi connectivity index (χ4n) is 5.80. The summed E-state index contributed by atoms with van der Waals surface area (Å²) in [5.41, 5.74) is 13.1. The number of H-pyrrole nitrogens is 1. The van der Waals surface area contributed by atoms with Crippen molar-refractivity contribution in [2.24, 2.45) is 11.5 Å². The summed E-state index contributed by atoms with van der Waals surface area (Å²) in [5, 5.41) is 9.40. The van der Waals surface area contributed by atoms with E-state index in [1.165, 1.54) is 18.1 Å². The van der Waals surface area contributed by atoms with Crippen LogP contribution in [0.3, 0.4) is 0 Å². The topological polar surface area (TPSA) is 171 Å². The van der Waals surface area contributed by atoms with Gasteiger partial charge in [0.05, 0.1) is 16.6 Å². The molecule has 5 rings (SSSR count). The van der Waals surface area contributed by atoms with E-state index >= 15 is 0 Å². The minimum absolute atomic E-state index is 0.0509. The first kappa shape index (κ1) is 37.1. The van der Waals surface area contributed by atoms with Crippen molar-refractivity contribution in [3.63, 3.8) is 0 Å². The number of hydrogen-bond acceptors (Lipinski definition) is 8. The first-order valence-corrected chi connectivity index (χ1v) is 17.1. The summed E-state index contributed by atoms with van der Waals surface area (Å²) in [5.74, 6) is -1.73. The average Bonchev–Trinajstić information content (AvgIpc) is 3.51. The number of fused-ring (bicyclic) bond motifs is 3. The van der Waals surface area contributed by atoms with Crippen molar-refractivity contribution in [1.29, 1.82) is 0 Å². The van der Waals surface area contributed by atoms with Crippen molar-refractivity contribution >= 4 is 52.0 Å². The Bertz CT molecular complexity index is 1860. The number of amides is 3. The molecule has 3 heterocycles. The lowest BCUT2D eigenvalue weighted by molar-refractivity contribution is -0.141. The van der Waals surface area contributed by atoms with Gasteiger partial charge in [-0.15, -0.1) is 0 Å². The summed E-state index contributed by atoms with van der Waals surface area (Å²) in [7, 11) is 1.43. The molecule has 8 N–H and O–H groups in total. The predicted molar refractivity (Wildman–Crippen MR) is 185 cm³/mol. The Balaban J connectivity index is 1.60. The van der Waals surface area contributed by atoms with E-state index in [4.69, 9.17) is 23.1 Å². The van der Waals surface area contributed by atoms with Crippen LogP contribution in [0.4, 0.5) is 13.2 Å².